The molecule has 3 rings (SSSR count). The summed E-state index contributed by atoms with van der Waals surface area (Å²) >= 11 is 0. The van der Waals surface area contributed by atoms with Crippen molar-refractivity contribution in [3.05, 3.63) is 23.8 Å². The molecule has 1 aromatic rings. The number of hydrogen-bond donors (Lipinski definition) is 1. The average molecular weight is 346 g/mol. The second-order valence-corrected chi connectivity index (χ2v) is 7.74. The minimum absolute atomic E-state index is 0.0252. The molecule has 1 N–H and O–H groups in total. The first-order valence-corrected chi connectivity index (χ1v) is 9.40. The summed E-state index contributed by atoms with van der Waals surface area (Å²) in [4.78, 5) is 17.6. The molecule has 0 radical (unpaired) electrons. The SMILES string of the molecule is COc1cc(C(=O)N2CCCN(CC3CC3)C(C(C)C)C2)ccc1O. The predicted molar refractivity (Wildman–Crippen MR) is 98.1 cm³/mol. The van der Waals surface area contributed by atoms with E-state index < -0.39 is 0 Å². The van der Waals surface area contributed by atoms with Crippen molar-refractivity contribution >= 4 is 5.91 Å². The van der Waals surface area contributed by atoms with Crippen LogP contribution in [0, 0.1) is 11.8 Å². The molecule has 5 nitrogen and oxygen atoms in total. The van der Waals surface area contributed by atoms with E-state index in [0.29, 0.717) is 23.3 Å². The van der Waals surface area contributed by atoms with Crippen LogP contribution in [0.3, 0.4) is 0 Å². The number of phenolic OH excluding ortho intramolecular Hbond substituents is 1. The molecule has 0 aromatic heterocycles. The van der Waals surface area contributed by atoms with Gasteiger partial charge in [-0.1, -0.05) is 13.8 Å². The number of ether oxygens (including phenoxy) is 1. The van der Waals surface area contributed by atoms with Crippen molar-refractivity contribution in [2.75, 3.05) is 33.3 Å². The number of hydrogen-bond acceptors (Lipinski definition) is 4. The van der Waals surface area contributed by atoms with E-state index in [1.54, 1.807) is 12.1 Å². The summed E-state index contributed by atoms with van der Waals surface area (Å²) < 4.78 is 5.15. The standard InChI is InChI=1S/C20H30N2O3/c1-14(2)17-13-22(10-4-9-21(17)12-15-5-6-15)20(24)16-7-8-18(23)19(11-16)25-3/h7-8,11,14-15,17,23H,4-6,9-10,12-13H2,1-3H3. The third-order valence-electron chi connectivity index (χ3n) is 5.42. The van der Waals surface area contributed by atoms with E-state index in [1.165, 1.54) is 32.6 Å². The summed E-state index contributed by atoms with van der Waals surface area (Å²) in [7, 11) is 1.50. The van der Waals surface area contributed by atoms with Crippen molar-refractivity contribution in [2.24, 2.45) is 11.8 Å². The molecule has 138 valence electrons. The first kappa shape index (κ1) is 18.1. The Balaban J connectivity index is 1.75. The topological polar surface area (TPSA) is 53.0 Å². The van der Waals surface area contributed by atoms with Crippen LogP contribution in [0.15, 0.2) is 18.2 Å². The molecule has 1 saturated carbocycles. The quantitative estimate of drug-likeness (QED) is 0.890. The van der Waals surface area contributed by atoms with E-state index in [-0.39, 0.29) is 11.7 Å². The van der Waals surface area contributed by atoms with Gasteiger partial charge in [0.25, 0.3) is 5.91 Å². The molecule has 1 aliphatic carbocycles. The minimum atomic E-state index is 0.0252. The molecule has 1 saturated heterocycles. The molecule has 0 spiro atoms. The van der Waals surface area contributed by atoms with Gasteiger partial charge >= 0.3 is 0 Å². The van der Waals surface area contributed by atoms with Crippen LogP contribution in [-0.4, -0.2) is 60.1 Å². The maximum Gasteiger partial charge on any atom is 0.254 e. The maximum atomic E-state index is 13.0. The molecule has 0 bridgehead atoms. The van der Waals surface area contributed by atoms with Crippen LogP contribution >= 0.6 is 0 Å². The van der Waals surface area contributed by atoms with Crippen molar-refractivity contribution in [1.29, 1.82) is 0 Å². The Labute approximate surface area is 150 Å². The van der Waals surface area contributed by atoms with Gasteiger partial charge in [0.15, 0.2) is 11.5 Å². The highest BCUT2D eigenvalue weighted by atomic mass is 16.5. The molecule has 1 aromatic carbocycles. The molecule has 1 amide bonds. The lowest BCUT2D eigenvalue weighted by Gasteiger charge is -2.34. The van der Waals surface area contributed by atoms with E-state index >= 15 is 0 Å². The molecular formula is C20H30N2O3. The fraction of sp³-hybridized carbons (Fsp3) is 0.650. The van der Waals surface area contributed by atoms with Crippen LogP contribution in [0.2, 0.25) is 0 Å². The zero-order valence-corrected chi connectivity index (χ0v) is 15.6. The van der Waals surface area contributed by atoms with Gasteiger partial charge in [-0.2, -0.15) is 0 Å². The van der Waals surface area contributed by atoms with Crippen LogP contribution < -0.4 is 4.74 Å². The summed E-state index contributed by atoms with van der Waals surface area (Å²) in [5.41, 5.74) is 0.577. The highest BCUT2D eigenvalue weighted by Gasteiger charge is 2.33. The molecule has 1 aliphatic heterocycles. The van der Waals surface area contributed by atoms with Gasteiger partial charge < -0.3 is 14.7 Å². The molecule has 1 atom stereocenters. The van der Waals surface area contributed by atoms with Crippen molar-refractivity contribution in [2.45, 2.75) is 39.2 Å². The molecule has 25 heavy (non-hydrogen) atoms. The van der Waals surface area contributed by atoms with Crippen LogP contribution in [0.1, 0.15) is 43.5 Å². The summed E-state index contributed by atoms with van der Waals surface area (Å²) in [5.74, 6) is 1.81. The first-order valence-electron chi connectivity index (χ1n) is 9.40. The van der Waals surface area contributed by atoms with Crippen molar-refractivity contribution in [3.63, 3.8) is 0 Å². The molecule has 1 unspecified atom stereocenters. The molecule has 2 fully saturated rings. The van der Waals surface area contributed by atoms with Gasteiger partial charge in [-0.25, -0.2) is 0 Å². The summed E-state index contributed by atoms with van der Waals surface area (Å²) in [6.07, 6.45) is 3.73. The first-order chi connectivity index (χ1) is 12.0. The number of amides is 1. The monoisotopic (exact) mass is 346 g/mol. The Bertz CT molecular complexity index is 613. The van der Waals surface area contributed by atoms with Gasteiger partial charge in [-0.3, -0.25) is 9.69 Å². The van der Waals surface area contributed by atoms with Crippen LogP contribution in [0.4, 0.5) is 0 Å². The number of nitrogens with zero attached hydrogens (tertiary/aromatic N) is 2. The maximum absolute atomic E-state index is 13.0. The predicted octanol–water partition coefficient (Wildman–Crippen LogP) is 2.98. The zero-order chi connectivity index (χ0) is 18.0. The number of benzene rings is 1. The third kappa shape index (κ3) is 4.27. The normalized spacial score (nSPS) is 22.1. The van der Waals surface area contributed by atoms with Gasteiger partial charge in [0.1, 0.15) is 0 Å². The second-order valence-electron chi connectivity index (χ2n) is 7.74. The highest BCUT2D eigenvalue weighted by Crippen LogP contribution is 2.32. The zero-order valence-electron chi connectivity index (χ0n) is 15.6. The Kier molecular flexibility index (Phi) is 5.52. The van der Waals surface area contributed by atoms with Gasteiger partial charge in [-0.05, 0) is 49.3 Å². The van der Waals surface area contributed by atoms with Crippen molar-refractivity contribution in [1.82, 2.24) is 9.80 Å². The van der Waals surface area contributed by atoms with E-state index in [1.807, 2.05) is 4.90 Å². The van der Waals surface area contributed by atoms with E-state index in [2.05, 4.69) is 18.7 Å². The average Bonchev–Trinajstić information content (AvgIpc) is 3.42. The Morgan fingerprint density at radius 2 is 2.08 bits per heavy atom. The molecular weight excluding hydrogens is 316 g/mol. The fourth-order valence-electron chi connectivity index (χ4n) is 3.73. The molecule has 5 heteroatoms. The van der Waals surface area contributed by atoms with E-state index in [4.69, 9.17) is 4.74 Å². The lowest BCUT2D eigenvalue weighted by Crippen LogP contribution is -2.46. The Morgan fingerprint density at radius 1 is 1.32 bits per heavy atom. The lowest BCUT2D eigenvalue weighted by atomic mass is 10.0. The number of carbonyl (C=O) groups excluding carboxylic acids is 1. The minimum Gasteiger partial charge on any atom is -0.504 e. The smallest absolute Gasteiger partial charge is 0.254 e. The van der Waals surface area contributed by atoms with Crippen LogP contribution in [0.5, 0.6) is 11.5 Å². The third-order valence-corrected chi connectivity index (χ3v) is 5.42. The number of carbonyl (C=O) groups is 1. The highest BCUT2D eigenvalue weighted by molar-refractivity contribution is 5.95. The van der Waals surface area contributed by atoms with Crippen LogP contribution in [-0.2, 0) is 0 Å². The number of phenols is 1. The van der Waals surface area contributed by atoms with Gasteiger partial charge in [-0.15, -0.1) is 0 Å². The fourth-order valence-corrected chi connectivity index (χ4v) is 3.73. The van der Waals surface area contributed by atoms with Gasteiger partial charge in [0.2, 0.25) is 0 Å². The van der Waals surface area contributed by atoms with Gasteiger partial charge in [0, 0.05) is 37.8 Å². The summed E-state index contributed by atoms with van der Waals surface area (Å²) in [6, 6.07) is 5.25. The largest absolute Gasteiger partial charge is 0.504 e. The van der Waals surface area contributed by atoms with Crippen LogP contribution in [0.25, 0.3) is 0 Å². The molecule has 2 aliphatic rings. The number of methoxy groups -OCH3 is 1. The van der Waals surface area contributed by atoms with E-state index in [0.717, 1.165) is 32.0 Å². The number of aromatic hydroxyl groups is 1. The Morgan fingerprint density at radius 3 is 2.72 bits per heavy atom. The number of rotatable bonds is 5. The Hall–Kier alpha value is -1.75. The molecule has 1 heterocycles. The lowest BCUT2D eigenvalue weighted by molar-refractivity contribution is 0.0704. The summed E-state index contributed by atoms with van der Waals surface area (Å²) in [5, 5.41) is 9.75. The van der Waals surface area contributed by atoms with Gasteiger partial charge in [0.05, 0.1) is 7.11 Å². The summed E-state index contributed by atoms with van der Waals surface area (Å²) in [6.45, 7) is 8.31. The van der Waals surface area contributed by atoms with Crippen molar-refractivity contribution in [3.8, 4) is 11.5 Å². The van der Waals surface area contributed by atoms with Crippen molar-refractivity contribution < 1.29 is 14.6 Å². The second kappa shape index (κ2) is 7.65. The van der Waals surface area contributed by atoms with E-state index in [9.17, 15) is 9.90 Å².